The molecule has 1 unspecified atom stereocenters. The van der Waals surface area contributed by atoms with Crippen LogP contribution in [0.4, 0.5) is 0 Å². The topological polar surface area (TPSA) is 78.9 Å². The van der Waals surface area contributed by atoms with Gasteiger partial charge in [-0.15, -0.1) is 0 Å². The lowest BCUT2D eigenvalue weighted by Gasteiger charge is -2.18. The average molecular weight is 1110 g/mol. The summed E-state index contributed by atoms with van der Waals surface area (Å²) in [6.45, 7) is 6.57. The molecule has 0 heterocycles. The number of allylic oxidation sites excluding steroid dienone is 8. The van der Waals surface area contributed by atoms with Crippen LogP contribution >= 0.6 is 0 Å². The number of rotatable bonds is 65. The third kappa shape index (κ3) is 66.1. The van der Waals surface area contributed by atoms with Crippen molar-refractivity contribution in [1.29, 1.82) is 0 Å². The Labute approximate surface area is 492 Å². The Hall–Kier alpha value is -2.63. The van der Waals surface area contributed by atoms with Gasteiger partial charge in [0.1, 0.15) is 13.2 Å². The minimum absolute atomic E-state index is 0.0742. The molecular weight excluding hydrogens is 973 g/mol. The normalized spacial score (nSPS) is 12.3. The van der Waals surface area contributed by atoms with Crippen LogP contribution in [0.25, 0.3) is 0 Å². The quantitative estimate of drug-likeness (QED) is 0.0261. The van der Waals surface area contributed by atoms with E-state index in [1.54, 1.807) is 0 Å². The maximum absolute atomic E-state index is 12.9. The van der Waals surface area contributed by atoms with E-state index >= 15 is 0 Å². The zero-order chi connectivity index (χ0) is 57.1. The van der Waals surface area contributed by atoms with Crippen LogP contribution < -0.4 is 0 Å². The molecule has 1 atom stereocenters. The molecule has 0 aliphatic carbocycles. The molecule has 0 saturated heterocycles. The van der Waals surface area contributed by atoms with E-state index in [1.165, 1.54) is 244 Å². The number of esters is 3. The molecule has 0 amide bonds. The molecule has 0 N–H and O–H groups in total. The molecule has 0 aromatic heterocycles. The molecule has 0 aliphatic rings. The van der Waals surface area contributed by atoms with Crippen LogP contribution in [0.15, 0.2) is 48.6 Å². The standard InChI is InChI=1S/C73H134O6/c1-4-7-10-13-16-19-22-24-26-28-30-31-32-33-34-35-36-37-38-39-40-41-43-44-46-48-51-54-57-60-63-66-72(75)78-69-70(68-77-71(74)65-62-59-56-53-50-21-18-15-12-9-6-3)79-73(76)67-64-61-58-55-52-49-47-45-42-29-27-25-23-20-17-14-11-8-5-2/h8,11,17,20,25,27,42,45,70H,4-7,9-10,12-16,18-19,21-24,26,28-41,43-44,46-69H2,1-3H3/b11-8-,20-17-,27-25-,45-42-. The third-order valence-corrected chi connectivity index (χ3v) is 15.8. The number of carbonyl (C=O) groups excluding carboxylic acids is 3. The Balaban J connectivity index is 4.12. The van der Waals surface area contributed by atoms with E-state index in [1.807, 2.05) is 0 Å². The van der Waals surface area contributed by atoms with E-state index in [2.05, 4.69) is 69.4 Å². The summed E-state index contributed by atoms with van der Waals surface area (Å²) in [6.07, 6.45) is 85.9. The summed E-state index contributed by atoms with van der Waals surface area (Å²) in [5.41, 5.74) is 0. The summed E-state index contributed by atoms with van der Waals surface area (Å²) >= 11 is 0. The summed E-state index contributed by atoms with van der Waals surface area (Å²) in [5.74, 6) is -0.865. The lowest BCUT2D eigenvalue weighted by molar-refractivity contribution is -0.167. The lowest BCUT2D eigenvalue weighted by atomic mass is 10.0. The van der Waals surface area contributed by atoms with Gasteiger partial charge in [0.05, 0.1) is 0 Å². The van der Waals surface area contributed by atoms with E-state index in [4.69, 9.17) is 14.2 Å². The Morgan fingerprint density at radius 3 is 0.772 bits per heavy atom. The number of unbranched alkanes of at least 4 members (excludes halogenated alkanes) is 46. The van der Waals surface area contributed by atoms with E-state index in [-0.39, 0.29) is 31.1 Å². The first kappa shape index (κ1) is 76.4. The van der Waals surface area contributed by atoms with Crippen molar-refractivity contribution in [2.75, 3.05) is 13.2 Å². The van der Waals surface area contributed by atoms with Gasteiger partial charge in [-0.2, -0.15) is 0 Å². The van der Waals surface area contributed by atoms with Crippen molar-refractivity contribution >= 4 is 17.9 Å². The van der Waals surface area contributed by atoms with Crippen molar-refractivity contribution in [2.45, 2.75) is 386 Å². The molecule has 462 valence electrons. The fourth-order valence-electron chi connectivity index (χ4n) is 10.6. The van der Waals surface area contributed by atoms with Crippen LogP contribution in [0, 0.1) is 0 Å². The summed E-state index contributed by atoms with van der Waals surface area (Å²) in [7, 11) is 0. The first-order valence-corrected chi connectivity index (χ1v) is 35.1. The van der Waals surface area contributed by atoms with Crippen molar-refractivity contribution in [3.8, 4) is 0 Å². The van der Waals surface area contributed by atoms with Crippen molar-refractivity contribution in [1.82, 2.24) is 0 Å². The largest absolute Gasteiger partial charge is 0.462 e. The number of ether oxygens (including phenoxy) is 3. The van der Waals surface area contributed by atoms with Crippen LogP contribution in [0.1, 0.15) is 380 Å². The first-order valence-electron chi connectivity index (χ1n) is 35.1. The fourth-order valence-corrected chi connectivity index (χ4v) is 10.6. The second-order valence-corrected chi connectivity index (χ2v) is 23.8. The van der Waals surface area contributed by atoms with Crippen LogP contribution in [0.3, 0.4) is 0 Å². The highest BCUT2D eigenvalue weighted by Crippen LogP contribution is 2.19. The second-order valence-electron chi connectivity index (χ2n) is 23.8. The molecule has 0 saturated carbocycles. The summed E-state index contributed by atoms with van der Waals surface area (Å²) in [6, 6.07) is 0. The molecular formula is C73H134O6. The second kappa shape index (κ2) is 67.9. The van der Waals surface area contributed by atoms with Gasteiger partial charge in [0.2, 0.25) is 0 Å². The zero-order valence-electron chi connectivity index (χ0n) is 53.2. The Morgan fingerprint density at radius 2 is 0.494 bits per heavy atom. The van der Waals surface area contributed by atoms with E-state index in [0.717, 1.165) is 96.3 Å². The van der Waals surface area contributed by atoms with Gasteiger partial charge in [0.25, 0.3) is 0 Å². The van der Waals surface area contributed by atoms with Gasteiger partial charge >= 0.3 is 17.9 Å². The molecule has 0 spiro atoms. The van der Waals surface area contributed by atoms with Gasteiger partial charge in [0, 0.05) is 19.3 Å². The molecule has 6 nitrogen and oxygen atoms in total. The zero-order valence-corrected chi connectivity index (χ0v) is 53.2. The number of carbonyl (C=O) groups is 3. The van der Waals surface area contributed by atoms with Gasteiger partial charge < -0.3 is 14.2 Å². The van der Waals surface area contributed by atoms with Gasteiger partial charge in [0.15, 0.2) is 6.10 Å². The molecule has 0 aromatic carbocycles. The highest BCUT2D eigenvalue weighted by atomic mass is 16.6. The SMILES string of the molecule is CC/C=C\C/C=C\C/C=C\C/C=C\CCCCCCCCC(=O)OC(COC(=O)CCCCCCCCCCCCC)COC(=O)CCCCCCCCCCCCCCCCCCCCCCCCCCCCCCCCC. The summed E-state index contributed by atoms with van der Waals surface area (Å²) in [5, 5.41) is 0. The average Bonchev–Trinajstić information content (AvgIpc) is 3.45. The van der Waals surface area contributed by atoms with Crippen molar-refractivity contribution in [3.05, 3.63) is 48.6 Å². The molecule has 6 heteroatoms. The van der Waals surface area contributed by atoms with Gasteiger partial charge in [-0.25, -0.2) is 0 Å². The highest BCUT2D eigenvalue weighted by molar-refractivity contribution is 5.71. The molecule has 0 aliphatic heterocycles. The van der Waals surface area contributed by atoms with E-state index in [0.29, 0.717) is 19.3 Å². The van der Waals surface area contributed by atoms with E-state index < -0.39 is 6.10 Å². The van der Waals surface area contributed by atoms with Gasteiger partial charge in [-0.05, 0) is 57.8 Å². The van der Waals surface area contributed by atoms with Gasteiger partial charge in [-0.1, -0.05) is 352 Å². The van der Waals surface area contributed by atoms with Crippen LogP contribution in [-0.2, 0) is 28.6 Å². The van der Waals surface area contributed by atoms with Crippen molar-refractivity contribution < 1.29 is 28.6 Å². The first-order chi connectivity index (χ1) is 39.0. The van der Waals surface area contributed by atoms with Crippen molar-refractivity contribution in [3.63, 3.8) is 0 Å². The smallest absolute Gasteiger partial charge is 0.306 e. The predicted molar refractivity (Wildman–Crippen MR) is 344 cm³/mol. The van der Waals surface area contributed by atoms with Crippen LogP contribution in [0.2, 0.25) is 0 Å². The maximum Gasteiger partial charge on any atom is 0.306 e. The minimum Gasteiger partial charge on any atom is -0.462 e. The molecule has 0 rings (SSSR count). The van der Waals surface area contributed by atoms with Crippen LogP contribution in [0.5, 0.6) is 0 Å². The minimum atomic E-state index is -0.778. The summed E-state index contributed by atoms with van der Waals surface area (Å²) < 4.78 is 16.9. The molecule has 0 bridgehead atoms. The van der Waals surface area contributed by atoms with E-state index in [9.17, 15) is 14.4 Å². The molecule has 79 heavy (non-hydrogen) atoms. The fraction of sp³-hybridized carbons (Fsp3) is 0.849. The highest BCUT2D eigenvalue weighted by Gasteiger charge is 2.19. The Bertz CT molecular complexity index is 1360. The predicted octanol–water partition coefficient (Wildman–Crippen LogP) is 24.1. The maximum atomic E-state index is 12.9. The number of hydrogen-bond acceptors (Lipinski definition) is 6. The molecule has 0 radical (unpaired) electrons. The summed E-state index contributed by atoms with van der Waals surface area (Å²) in [4.78, 5) is 38.3. The van der Waals surface area contributed by atoms with Crippen LogP contribution in [-0.4, -0.2) is 37.2 Å². The Morgan fingerprint density at radius 1 is 0.266 bits per heavy atom. The number of hydrogen-bond donors (Lipinski definition) is 0. The Kier molecular flexibility index (Phi) is 65.6. The third-order valence-electron chi connectivity index (χ3n) is 15.8. The van der Waals surface area contributed by atoms with Crippen molar-refractivity contribution in [2.24, 2.45) is 0 Å². The monoisotopic (exact) mass is 1110 g/mol. The molecule has 0 fully saturated rings. The lowest BCUT2D eigenvalue weighted by Crippen LogP contribution is -2.30. The van der Waals surface area contributed by atoms with Gasteiger partial charge in [-0.3, -0.25) is 14.4 Å². The molecule has 0 aromatic rings.